The highest BCUT2D eigenvalue weighted by molar-refractivity contribution is 7.19. The van der Waals surface area contributed by atoms with Gasteiger partial charge in [0.1, 0.15) is 17.4 Å². The van der Waals surface area contributed by atoms with E-state index in [1.165, 1.54) is 11.9 Å². The van der Waals surface area contributed by atoms with Gasteiger partial charge in [0.25, 0.3) is 0 Å². The minimum Gasteiger partial charge on any atom is -0.493 e. The number of carbonyl (C=O) groups is 1. The Labute approximate surface area is 166 Å². The molecule has 0 saturated heterocycles. The third-order valence-corrected chi connectivity index (χ3v) is 5.51. The smallest absolute Gasteiger partial charge is 0.231 e. The van der Waals surface area contributed by atoms with Crippen LogP contribution in [0.4, 0.5) is 0 Å². The lowest BCUT2D eigenvalue weighted by Crippen LogP contribution is -1.95. The van der Waals surface area contributed by atoms with Crippen LogP contribution in [0.1, 0.15) is 20.8 Å². The largest absolute Gasteiger partial charge is 0.493 e. The van der Waals surface area contributed by atoms with Crippen LogP contribution in [0.25, 0.3) is 21.3 Å². The van der Waals surface area contributed by atoms with Gasteiger partial charge in [-0.15, -0.1) is 11.3 Å². The normalized spacial score (nSPS) is 10.8. The monoisotopic (exact) mass is 390 g/mol. The number of aldehydes is 1. The molecule has 0 radical (unpaired) electrons. The molecule has 0 aliphatic heterocycles. The number of hydrogen-bond donors (Lipinski definition) is 0. The van der Waals surface area contributed by atoms with Gasteiger partial charge >= 0.3 is 0 Å². The summed E-state index contributed by atoms with van der Waals surface area (Å²) in [4.78, 5) is 21.9. The molecule has 0 N–H and O–H groups in total. The molecule has 0 aliphatic rings. The predicted molar refractivity (Wildman–Crippen MR) is 111 cm³/mol. The molecule has 2 aromatic heterocycles. The zero-order valence-corrected chi connectivity index (χ0v) is 16.5. The van der Waals surface area contributed by atoms with E-state index in [0.717, 1.165) is 32.5 Å². The van der Waals surface area contributed by atoms with Crippen LogP contribution in [-0.4, -0.2) is 23.4 Å². The lowest BCUT2D eigenvalue weighted by atomic mass is 10.0. The number of fused-ring (bicyclic) bond motifs is 1. The first-order valence-electron chi connectivity index (χ1n) is 8.73. The number of benzene rings is 2. The summed E-state index contributed by atoms with van der Waals surface area (Å²) in [5.41, 5.74) is 3.88. The van der Waals surface area contributed by atoms with Crippen LogP contribution in [0, 0.1) is 13.8 Å². The highest BCUT2D eigenvalue weighted by Crippen LogP contribution is 2.43. The summed E-state index contributed by atoms with van der Waals surface area (Å²) in [5, 5.41) is 0.871. The van der Waals surface area contributed by atoms with E-state index in [9.17, 15) is 4.79 Å². The fraction of sp³-hybridized carbons (Fsp3) is 0.136. The second-order valence-corrected chi connectivity index (χ2v) is 7.59. The average Bonchev–Trinajstić information content (AvgIpc) is 3.05. The number of thiophene rings is 1. The van der Waals surface area contributed by atoms with Crippen molar-refractivity contribution in [1.82, 2.24) is 9.97 Å². The zero-order chi connectivity index (χ0) is 19.7. The van der Waals surface area contributed by atoms with E-state index in [-0.39, 0.29) is 0 Å². The number of hydrogen-bond acceptors (Lipinski definition) is 6. The molecule has 2 aromatic carbocycles. The maximum Gasteiger partial charge on any atom is 0.231 e. The minimum atomic E-state index is 0.460. The molecule has 0 fully saturated rings. The highest BCUT2D eigenvalue weighted by Gasteiger charge is 2.19. The van der Waals surface area contributed by atoms with Gasteiger partial charge in [-0.2, -0.15) is 0 Å². The molecular formula is C22H18N2O3S. The van der Waals surface area contributed by atoms with Gasteiger partial charge in [0.15, 0.2) is 11.5 Å². The first-order chi connectivity index (χ1) is 13.6. The Morgan fingerprint density at radius 1 is 1.00 bits per heavy atom. The maximum atomic E-state index is 11.0. The number of methoxy groups -OCH3 is 1. The Kier molecular flexibility index (Phi) is 4.79. The second-order valence-electron chi connectivity index (χ2n) is 6.39. The van der Waals surface area contributed by atoms with Crippen molar-refractivity contribution in [3.8, 4) is 28.5 Å². The van der Waals surface area contributed by atoms with Crippen molar-refractivity contribution in [2.45, 2.75) is 13.8 Å². The van der Waals surface area contributed by atoms with Crippen molar-refractivity contribution in [3.63, 3.8) is 0 Å². The molecular weight excluding hydrogens is 372 g/mol. The summed E-state index contributed by atoms with van der Waals surface area (Å²) in [6.45, 7) is 4.14. The number of aromatic nitrogens is 2. The van der Waals surface area contributed by atoms with Crippen LogP contribution in [0.2, 0.25) is 0 Å². The molecule has 6 heteroatoms. The molecule has 4 rings (SSSR count). The van der Waals surface area contributed by atoms with Gasteiger partial charge < -0.3 is 9.47 Å². The molecule has 0 amide bonds. The van der Waals surface area contributed by atoms with Crippen LogP contribution >= 0.6 is 11.3 Å². The molecule has 0 bridgehead atoms. The summed E-state index contributed by atoms with van der Waals surface area (Å²) in [6, 6.07) is 13.4. The fourth-order valence-corrected chi connectivity index (χ4v) is 4.11. The van der Waals surface area contributed by atoms with E-state index in [1.54, 1.807) is 36.6 Å². The lowest BCUT2D eigenvalue weighted by Gasteiger charge is -2.11. The Morgan fingerprint density at radius 2 is 1.79 bits per heavy atom. The third-order valence-electron chi connectivity index (χ3n) is 4.50. The standard InChI is InChI=1S/C22H18N2O3S/c1-13-4-7-16(8-5-13)19-14(2)28-22-20(19)21(23-12-24-22)27-17-9-6-15(11-25)10-18(17)26-3/h4-12H,1-3H3. The van der Waals surface area contributed by atoms with E-state index < -0.39 is 0 Å². The average molecular weight is 390 g/mol. The molecule has 28 heavy (non-hydrogen) atoms. The number of carbonyl (C=O) groups excluding carboxylic acids is 1. The number of nitrogens with zero attached hydrogens (tertiary/aromatic N) is 2. The van der Waals surface area contributed by atoms with Crippen molar-refractivity contribution in [2.24, 2.45) is 0 Å². The highest BCUT2D eigenvalue weighted by atomic mass is 32.1. The predicted octanol–water partition coefficient (Wildman–Crippen LogP) is 5.59. The van der Waals surface area contributed by atoms with Crippen molar-refractivity contribution in [2.75, 3.05) is 7.11 Å². The van der Waals surface area contributed by atoms with Crippen LogP contribution in [-0.2, 0) is 0 Å². The van der Waals surface area contributed by atoms with Gasteiger partial charge in [-0.3, -0.25) is 4.79 Å². The minimum absolute atomic E-state index is 0.460. The van der Waals surface area contributed by atoms with Crippen molar-refractivity contribution in [3.05, 3.63) is 64.8 Å². The van der Waals surface area contributed by atoms with Crippen molar-refractivity contribution >= 4 is 27.8 Å². The maximum absolute atomic E-state index is 11.0. The van der Waals surface area contributed by atoms with Crippen LogP contribution in [0.3, 0.4) is 0 Å². The molecule has 0 saturated carbocycles. The number of rotatable bonds is 5. The Bertz CT molecular complexity index is 1170. The van der Waals surface area contributed by atoms with E-state index in [1.807, 2.05) is 0 Å². The fourth-order valence-electron chi connectivity index (χ4n) is 3.11. The van der Waals surface area contributed by atoms with E-state index in [2.05, 4.69) is 48.1 Å². The van der Waals surface area contributed by atoms with E-state index in [4.69, 9.17) is 9.47 Å². The first-order valence-corrected chi connectivity index (χ1v) is 9.54. The molecule has 0 spiro atoms. The van der Waals surface area contributed by atoms with Gasteiger partial charge in [0.2, 0.25) is 5.88 Å². The van der Waals surface area contributed by atoms with Gasteiger partial charge in [-0.1, -0.05) is 29.8 Å². The Balaban J connectivity index is 1.87. The topological polar surface area (TPSA) is 61.3 Å². The zero-order valence-electron chi connectivity index (χ0n) is 15.7. The molecule has 140 valence electrons. The Morgan fingerprint density at radius 3 is 2.50 bits per heavy atom. The SMILES string of the molecule is COc1cc(C=O)ccc1Oc1ncnc2sc(C)c(-c3ccc(C)cc3)c12. The number of aryl methyl sites for hydroxylation is 2. The lowest BCUT2D eigenvalue weighted by molar-refractivity contribution is 0.112. The molecule has 0 atom stereocenters. The van der Waals surface area contributed by atoms with Gasteiger partial charge in [0, 0.05) is 16.0 Å². The van der Waals surface area contributed by atoms with Crippen LogP contribution < -0.4 is 9.47 Å². The summed E-state index contributed by atoms with van der Waals surface area (Å²) in [6.07, 6.45) is 2.27. The van der Waals surface area contributed by atoms with E-state index in [0.29, 0.717) is 22.9 Å². The summed E-state index contributed by atoms with van der Waals surface area (Å²) in [5.74, 6) is 1.43. The molecule has 5 nitrogen and oxygen atoms in total. The second kappa shape index (κ2) is 7.40. The molecule has 4 aromatic rings. The molecule has 0 unspecified atom stereocenters. The van der Waals surface area contributed by atoms with Crippen molar-refractivity contribution < 1.29 is 14.3 Å². The van der Waals surface area contributed by atoms with Crippen LogP contribution in [0.15, 0.2) is 48.8 Å². The third kappa shape index (κ3) is 3.23. The van der Waals surface area contributed by atoms with Crippen LogP contribution in [0.5, 0.6) is 17.4 Å². The van der Waals surface area contributed by atoms with Gasteiger partial charge in [-0.25, -0.2) is 9.97 Å². The molecule has 0 aliphatic carbocycles. The number of ether oxygens (including phenoxy) is 2. The van der Waals surface area contributed by atoms with E-state index >= 15 is 0 Å². The summed E-state index contributed by atoms with van der Waals surface area (Å²) < 4.78 is 11.5. The summed E-state index contributed by atoms with van der Waals surface area (Å²) in [7, 11) is 1.54. The first kappa shape index (κ1) is 18.1. The van der Waals surface area contributed by atoms with Crippen molar-refractivity contribution in [1.29, 1.82) is 0 Å². The Hall–Kier alpha value is -3.25. The van der Waals surface area contributed by atoms with Gasteiger partial charge in [0.05, 0.1) is 12.5 Å². The van der Waals surface area contributed by atoms with Gasteiger partial charge in [-0.05, 0) is 37.6 Å². The summed E-state index contributed by atoms with van der Waals surface area (Å²) >= 11 is 1.61. The quantitative estimate of drug-likeness (QED) is 0.416. The molecule has 2 heterocycles.